The van der Waals surface area contributed by atoms with E-state index < -0.39 is 0 Å². The normalized spacial score (nSPS) is 14.7. The molecule has 0 aromatic heterocycles. The fraction of sp³-hybridized carbons (Fsp3) is 0.429. The molecule has 1 aliphatic heterocycles. The van der Waals surface area contributed by atoms with Crippen LogP contribution in [0.15, 0.2) is 24.2 Å². The van der Waals surface area contributed by atoms with Gasteiger partial charge in [-0.25, -0.2) is 5.06 Å². The second-order valence-corrected chi connectivity index (χ2v) is 1.58. The van der Waals surface area contributed by atoms with Gasteiger partial charge < -0.3 is 10.6 Å². The van der Waals surface area contributed by atoms with E-state index in [1.165, 1.54) is 11.3 Å². The van der Waals surface area contributed by atoms with Crippen LogP contribution in [0.3, 0.4) is 0 Å². The van der Waals surface area contributed by atoms with E-state index in [1.54, 1.807) is 19.3 Å². The first-order valence-electron chi connectivity index (χ1n) is 3.32. The van der Waals surface area contributed by atoms with E-state index in [0.717, 1.165) is 0 Å². The third kappa shape index (κ3) is 3.02. The maximum absolute atomic E-state index is 5.38. The molecule has 0 radical (unpaired) electrons. The van der Waals surface area contributed by atoms with Crippen molar-refractivity contribution in [3.63, 3.8) is 0 Å². The van der Waals surface area contributed by atoms with Gasteiger partial charge in [-0.2, -0.15) is 0 Å². The van der Waals surface area contributed by atoms with Gasteiger partial charge in [0.25, 0.3) is 0 Å². The average Bonchev–Trinajstić information content (AvgIpc) is 1.91. The third-order valence-corrected chi connectivity index (χ3v) is 0.818. The Morgan fingerprint density at radius 2 is 2.10 bits per heavy atom. The van der Waals surface area contributed by atoms with E-state index in [1.807, 2.05) is 13.8 Å². The molecule has 3 nitrogen and oxygen atoms in total. The van der Waals surface area contributed by atoms with Crippen molar-refractivity contribution in [3.05, 3.63) is 24.2 Å². The van der Waals surface area contributed by atoms with Crippen molar-refractivity contribution in [1.82, 2.24) is 5.06 Å². The molecule has 0 aliphatic carbocycles. The van der Waals surface area contributed by atoms with E-state index in [-0.39, 0.29) is 0 Å². The van der Waals surface area contributed by atoms with Crippen LogP contribution in [0.2, 0.25) is 0 Å². The zero-order chi connectivity index (χ0) is 7.98. The second-order valence-electron chi connectivity index (χ2n) is 1.58. The fourth-order valence-electron chi connectivity index (χ4n) is 0.488. The summed E-state index contributed by atoms with van der Waals surface area (Å²) in [7, 11) is 1.77. The molecule has 0 amide bonds. The predicted molar refractivity (Wildman–Crippen MR) is 41.6 cm³/mol. The minimum atomic E-state index is 0.707. The molecule has 3 heteroatoms. The smallest absolute Gasteiger partial charge is 0.121 e. The minimum Gasteiger partial charge on any atom is -0.397 e. The van der Waals surface area contributed by atoms with E-state index in [4.69, 9.17) is 10.6 Å². The van der Waals surface area contributed by atoms with Gasteiger partial charge in [0.15, 0.2) is 0 Å². The summed E-state index contributed by atoms with van der Waals surface area (Å²) in [4.78, 5) is 4.84. The molecule has 0 bridgehead atoms. The van der Waals surface area contributed by atoms with Crippen molar-refractivity contribution < 1.29 is 4.84 Å². The van der Waals surface area contributed by atoms with Gasteiger partial charge in [0.05, 0.1) is 11.9 Å². The second kappa shape index (κ2) is 4.73. The molecule has 0 atom stereocenters. The highest BCUT2D eigenvalue weighted by atomic mass is 16.7. The Kier molecular flexibility index (Phi) is 4.20. The number of hydroxylamine groups is 2. The van der Waals surface area contributed by atoms with Crippen molar-refractivity contribution >= 4 is 0 Å². The monoisotopic (exact) mass is 142 g/mol. The molecule has 58 valence electrons. The first kappa shape index (κ1) is 8.88. The number of nitrogens with two attached hydrogens (primary N) is 1. The van der Waals surface area contributed by atoms with Gasteiger partial charge >= 0.3 is 0 Å². The Morgan fingerprint density at radius 3 is 2.40 bits per heavy atom. The molecule has 0 aromatic rings. The summed E-state index contributed by atoms with van der Waals surface area (Å²) in [5, 5.41) is 1.54. The van der Waals surface area contributed by atoms with Crippen LogP contribution >= 0.6 is 0 Å². The molecule has 0 spiro atoms. The van der Waals surface area contributed by atoms with Gasteiger partial charge in [0, 0.05) is 13.1 Å². The van der Waals surface area contributed by atoms with Gasteiger partial charge in [-0.05, 0) is 0 Å². The maximum Gasteiger partial charge on any atom is 0.121 e. The van der Waals surface area contributed by atoms with Crippen LogP contribution in [0.1, 0.15) is 13.8 Å². The molecule has 0 aromatic carbocycles. The van der Waals surface area contributed by atoms with E-state index >= 15 is 0 Å². The Bertz CT molecular complexity index is 141. The highest BCUT2D eigenvalue weighted by Gasteiger charge is 1.94. The van der Waals surface area contributed by atoms with Crippen LogP contribution in [-0.4, -0.2) is 12.1 Å². The molecule has 1 aliphatic rings. The van der Waals surface area contributed by atoms with Gasteiger partial charge in [-0.15, -0.1) is 0 Å². The summed E-state index contributed by atoms with van der Waals surface area (Å²) >= 11 is 0. The first-order chi connectivity index (χ1) is 4.79. The van der Waals surface area contributed by atoms with Crippen LogP contribution in [0.5, 0.6) is 0 Å². The summed E-state index contributed by atoms with van der Waals surface area (Å²) in [6.07, 6.45) is 4.93. The quantitative estimate of drug-likeness (QED) is 0.552. The van der Waals surface area contributed by atoms with Crippen LogP contribution in [0.25, 0.3) is 0 Å². The van der Waals surface area contributed by atoms with Crippen molar-refractivity contribution in [2.24, 2.45) is 5.73 Å². The third-order valence-electron chi connectivity index (χ3n) is 0.818. The van der Waals surface area contributed by atoms with Crippen LogP contribution < -0.4 is 5.73 Å². The average molecular weight is 142 g/mol. The lowest BCUT2D eigenvalue weighted by molar-refractivity contribution is -0.0355. The van der Waals surface area contributed by atoms with E-state index in [9.17, 15) is 0 Å². The van der Waals surface area contributed by atoms with Gasteiger partial charge in [-0.3, -0.25) is 0 Å². The Balaban J connectivity index is 0.000000371. The molecule has 1 rings (SSSR count). The summed E-state index contributed by atoms with van der Waals surface area (Å²) in [5.74, 6) is 0. The lowest BCUT2D eigenvalue weighted by atomic mass is 10.4. The molecule has 0 saturated carbocycles. The summed E-state index contributed by atoms with van der Waals surface area (Å²) in [6, 6.07) is 0. The van der Waals surface area contributed by atoms with Crippen LogP contribution in [-0.2, 0) is 4.84 Å². The number of hydrogen-bond acceptors (Lipinski definition) is 3. The van der Waals surface area contributed by atoms with Crippen LogP contribution in [0.4, 0.5) is 0 Å². The van der Waals surface area contributed by atoms with E-state index in [2.05, 4.69) is 0 Å². The van der Waals surface area contributed by atoms with Crippen molar-refractivity contribution in [1.29, 1.82) is 0 Å². The van der Waals surface area contributed by atoms with Gasteiger partial charge in [-0.1, -0.05) is 13.8 Å². The molecule has 0 unspecified atom stereocenters. The van der Waals surface area contributed by atoms with Gasteiger partial charge in [0.2, 0.25) is 0 Å². The molecule has 0 saturated heterocycles. The first-order valence-corrected chi connectivity index (χ1v) is 3.32. The maximum atomic E-state index is 5.38. The SMILES string of the molecule is CC.CN1C=C(N)C=CO1. The Labute approximate surface area is 61.7 Å². The van der Waals surface area contributed by atoms with Crippen LogP contribution in [0, 0.1) is 0 Å². The standard InChI is InChI=1S/C5H8N2O.C2H6/c1-7-4-5(6)2-3-8-7;1-2/h2-4H,6H2,1H3;1-2H3. The number of rotatable bonds is 0. The minimum absolute atomic E-state index is 0.707. The highest BCUT2D eigenvalue weighted by Crippen LogP contribution is 1.99. The topological polar surface area (TPSA) is 38.5 Å². The largest absolute Gasteiger partial charge is 0.397 e. The molecule has 0 fully saturated rings. The number of allylic oxidation sites excluding steroid dienone is 1. The highest BCUT2D eigenvalue weighted by molar-refractivity contribution is 5.13. The summed E-state index contributed by atoms with van der Waals surface area (Å²) in [5.41, 5.74) is 6.08. The zero-order valence-corrected chi connectivity index (χ0v) is 6.66. The summed E-state index contributed by atoms with van der Waals surface area (Å²) < 4.78 is 0. The Hall–Kier alpha value is -1.12. The molecular formula is C7H14N2O. The molecule has 2 N–H and O–H groups in total. The van der Waals surface area contributed by atoms with E-state index in [0.29, 0.717) is 5.70 Å². The predicted octanol–water partition coefficient (Wildman–Crippen LogP) is 1.20. The zero-order valence-electron chi connectivity index (χ0n) is 6.66. The molecular weight excluding hydrogens is 128 g/mol. The Morgan fingerprint density at radius 1 is 1.50 bits per heavy atom. The summed E-state index contributed by atoms with van der Waals surface area (Å²) in [6.45, 7) is 4.00. The lowest BCUT2D eigenvalue weighted by Crippen LogP contribution is -2.14. The van der Waals surface area contributed by atoms with Crippen molar-refractivity contribution in [2.45, 2.75) is 13.8 Å². The molecule has 1 heterocycles. The number of hydrogen-bond donors (Lipinski definition) is 1. The number of nitrogens with zero attached hydrogens (tertiary/aromatic N) is 1. The fourth-order valence-corrected chi connectivity index (χ4v) is 0.488. The lowest BCUT2D eigenvalue weighted by Gasteiger charge is -2.15. The van der Waals surface area contributed by atoms with Crippen molar-refractivity contribution in [3.8, 4) is 0 Å². The van der Waals surface area contributed by atoms with Gasteiger partial charge in [0.1, 0.15) is 6.26 Å². The van der Waals surface area contributed by atoms with Crippen molar-refractivity contribution in [2.75, 3.05) is 7.05 Å². The molecule has 10 heavy (non-hydrogen) atoms.